The molecule has 5 nitrogen and oxygen atoms in total. The number of halogens is 3. The first kappa shape index (κ1) is 16.5. The zero-order valence-electron chi connectivity index (χ0n) is 10.8. The largest absolute Gasteiger partial charge is 0.493 e. The number of carbonyl (C=O) groups is 1. The lowest BCUT2D eigenvalue weighted by atomic mass is 10.2. The minimum absolute atomic E-state index is 0.106. The summed E-state index contributed by atoms with van der Waals surface area (Å²) >= 11 is 5.92. The number of amides is 1. The van der Waals surface area contributed by atoms with Gasteiger partial charge in [0, 0.05) is 12.1 Å². The first-order chi connectivity index (χ1) is 9.40. The van der Waals surface area contributed by atoms with Crippen LogP contribution in [0.25, 0.3) is 0 Å². The average molecular weight is 310 g/mol. The summed E-state index contributed by atoms with van der Waals surface area (Å²) in [6, 6.07) is 2.67. The summed E-state index contributed by atoms with van der Waals surface area (Å²) in [4.78, 5) is 11.8. The third-order valence-corrected chi connectivity index (χ3v) is 2.74. The van der Waals surface area contributed by atoms with Crippen molar-refractivity contribution in [3.8, 4) is 11.5 Å². The van der Waals surface area contributed by atoms with Gasteiger partial charge in [-0.05, 0) is 12.1 Å². The van der Waals surface area contributed by atoms with E-state index in [0.717, 1.165) is 0 Å². The number of methoxy groups -OCH3 is 2. The molecule has 0 spiro atoms. The highest BCUT2D eigenvalue weighted by atomic mass is 35.5. The van der Waals surface area contributed by atoms with Crippen LogP contribution in [0.2, 0.25) is 5.02 Å². The standard InChI is InChI=1S/C12H14ClF2NO4/c1-19-9-4-6(3-7(13)10(9)20-2)12(18)16-5-8(17)11(14)15/h3-4,8,11,17H,5H2,1-2H3,(H,16,18). The number of aliphatic hydroxyl groups excluding tert-OH is 1. The number of benzene rings is 1. The van der Waals surface area contributed by atoms with Crippen LogP contribution in [0.5, 0.6) is 11.5 Å². The summed E-state index contributed by atoms with van der Waals surface area (Å²) in [6.45, 7) is -0.567. The smallest absolute Gasteiger partial charge is 0.265 e. The molecule has 1 atom stereocenters. The average Bonchev–Trinajstić information content (AvgIpc) is 2.42. The Hall–Kier alpha value is -1.60. The molecule has 1 aromatic rings. The van der Waals surface area contributed by atoms with Crippen molar-refractivity contribution in [3.05, 3.63) is 22.7 Å². The molecule has 8 heteroatoms. The topological polar surface area (TPSA) is 67.8 Å². The number of alkyl halides is 2. The zero-order chi connectivity index (χ0) is 15.3. The maximum Gasteiger partial charge on any atom is 0.265 e. The summed E-state index contributed by atoms with van der Waals surface area (Å²) in [5.41, 5.74) is 0.106. The van der Waals surface area contributed by atoms with E-state index in [-0.39, 0.29) is 22.1 Å². The minimum Gasteiger partial charge on any atom is -0.493 e. The van der Waals surface area contributed by atoms with Crippen LogP contribution < -0.4 is 14.8 Å². The second-order valence-electron chi connectivity index (χ2n) is 3.81. The van der Waals surface area contributed by atoms with Gasteiger partial charge >= 0.3 is 0 Å². The lowest BCUT2D eigenvalue weighted by Gasteiger charge is -2.13. The minimum atomic E-state index is -2.93. The first-order valence-corrected chi connectivity index (χ1v) is 5.94. The van der Waals surface area contributed by atoms with E-state index < -0.39 is 25.0 Å². The summed E-state index contributed by atoms with van der Waals surface area (Å²) in [5.74, 6) is -0.162. The summed E-state index contributed by atoms with van der Waals surface area (Å²) in [5, 5.41) is 11.2. The molecule has 0 bridgehead atoms. The van der Waals surface area contributed by atoms with E-state index in [9.17, 15) is 13.6 Å². The van der Waals surface area contributed by atoms with Gasteiger partial charge in [-0.15, -0.1) is 0 Å². The molecule has 112 valence electrons. The van der Waals surface area contributed by atoms with Crippen molar-refractivity contribution in [2.45, 2.75) is 12.5 Å². The summed E-state index contributed by atoms with van der Waals surface area (Å²) in [7, 11) is 2.76. The van der Waals surface area contributed by atoms with E-state index in [1.165, 1.54) is 26.4 Å². The normalized spacial score (nSPS) is 12.2. The highest BCUT2D eigenvalue weighted by Gasteiger charge is 2.19. The molecule has 0 aromatic heterocycles. The van der Waals surface area contributed by atoms with Crippen molar-refractivity contribution in [1.82, 2.24) is 5.32 Å². The van der Waals surface area contributed by atoms with E-state index in [0.29, 0.717) is 0 Å². The molecule has 0 radical (unpaired) electrons. The van der Waals surface area contributed by atoms with Crippen LogP contribution in [-0.2, 0) is 0 Å². The molecular weight excluding hydrogens is 296 g/mol. The van der Waals surface area contributed by atoms with Gasteiger partial charge in [-0.25, -0.2) is 8.78 Å². The fourth-order valence-corrected chi connectivity index (χ4v) is 1.73. The van der Waals surface area contributed by atoms with Gasteiger partial charge in [0.2, 0.25) is 0 Å². The van der Waals surface area contributed by atoms with Gasteiger partial charge in [0.05, 0.1) is 19.2 Å². The molecule has 2 N–H and O–H groups in total. The first-order valence-electron chi connectivity index (χ1n) is 5.56. The van der Waals surface area contributed by atoms with Crippen LogP contribution in [-0.4, -0.2) is 44.3 Å². The molecule has 20 heavy (non-hydrogen) atoms. The molecule has 0 aliphatic carbocycles. The van der Waals surface area contributed by atoms with Crippen molar-refractivity contribution in [2.24, 2.45) is 0 Å². The van der Waals surface area contributed by atoms with Gasteiger partial charge in [-0.1, -0.05) is 11.6 Å². The lowest BCUT2D eigenvalue weighted by Crippen LogP contribution is -2.35. The fraction of sp³-hybridized carbons (Fsp3) is 0.417. The maximum absolute atomic E-state index is 12.1. The van der Waals surface area contributed by atoms with E-state index in [4.69, 9.17) is 26.2 Å². The molecular formula is C12H14ClF2NO4. The lowest BCUT2D eigenvalue weighted by molar-refractivity contribution is -0.00270. The molecule has 1 rings (SSSR count). The number of hydrogen-bond acceptors (Lipinski definition) is 4. The Balaban J connectivity index is 2.86. The highest BCUT2D eigenvalue weighted by molar-refractivity contribution is 6.32. The van der Waals surface area contributed by atoms with Crippen LogP contribution in [0.15, 0.2) is 12.1 Å². The van der Waals surface area contributed by atoms with Crippen LogP contribution >= 0.6 is 11.6 Å². The molecule has 1 aromatic carbocycles. The van der Waals surface area contributed by atoms with E-state index in [1.807, 2.05) is 0 Å². The van der Waals surface area contributed by atoms with Gasteiger partial charge in [0.15, 0.2) is 11.5 Å². The zero-order valence-corrected chi connectivity index (χ0v) is 11.6. The Morgan fingerprint density at radius 3 is 2.55 bits per heavy atom. The van der Waals surface area contributed by atoms with Gasteiger partial charge in [-0.3, -0.25) is 4.79 Å². The van der Waals surface area contributed by atoms with Crippen LogP contribution in [0.3, 0.4) is 0 Å². The quantitative estimate of drug-likeness (QED) is 0.839. The van der Waals surface area contributed by atoms with Gasteiger partial charge in [0.1, 0.15) is 6.10 Å². The molecule has 1 unspecified atom stereocenters. The molecule has 0 aliphatic heterocycles. The summed E-state index contributed by atoms with van der Waals surface area (Å²) in [6.07, 6.45) is -4.85. The van der Waals surface area contributed by atoms with Crippen molar-refractivity contribution in [2.75, 3.05) is 20.8 Å². The Morgan fingerprint density at radius 2 is 2.05 bits per heavy atom. The van der Waals surface area contributed by atoms with Gasteiger partial charge < -0.3 is 19.9 Å². The number of ether oxygens (including phenoxy) is 2. The Kier molecular flexibility index (Phi) is 5.97. The van der Waals surface area contributed by atoms with E-state index >= 15 is 0 Å². The van der Waals surface area contributed by atoms with E-state index in [1.54, 1.807) is 0 Å². The second-order valence-corrected chi connectivity index (χ2v) is 4.21. The van der Waals surface area contributed by atoms with Crippen LogP contribution in [0.1, 0.15) is 10.4 Å². The summed E-state index contributed by atoms with van der Waals surface area (Å²) < 4.78 is 34.2. The monoisotopic (exact) mass is 309 g/mol. The van der Waals surface area contributed by atoms with Crippen molar-refractivity contribution < 1.29 is 28.2 Å². The Labute approximate surface area is 119 Å². The third-order valence-electron chi connectivity index (χ3n) is 2.46. The van der Waals surface area contributed by atoms with Crippen molar-refractivity contribution in [1.29, 1.82) is 0 Å². The molecule has 0 saturated heterocycles. The van der Waals surface area contributed by atoms with Crippen LogP contribution in [0, 0.1) is 0 Å². The number of aliphatic hydroxyl groups is 1. The predicted octanol–water partition coefficient (Wildman–Crippen LogP) is 1.71. The van der Waals surface area contributed by atoms with Crippen molar-refractivity contribution >= 4 is 17.5 Å². The molecule has 1 amide bonds. The van der Waals surface area contributed by atoms with Gasteiger partial charge in [0.25, 0.3) is 12.3 Å². The number of carbonyl (C=O) groups excluding carboxylic acids is 1. The number of rotatable bonds is 6. The van der Waals surface area contributed by atoms with Crippen LogP contribution in [0.4, 0.5) is 8.78 Å². The van der Waals surface area contributed by atoms with E-state index in [2.05, 4.69) is 5.32 Å². The van der Waals surface area contributed by atoms with Crippen molar-refractivity contribution in [3.63, 3.8) is 0 Å². The number of hydrogen-bond donors (Lipinski definition) is 2. The maximum atomic E-state index is 12.1. The Morgan fingerprint density at radius 1 is 1.40 bits per heavy atom. The molecule has 0 heterocycles. The van der Waals surface area contributed by atoms with Gasteiger partial charge in [-0.2, -0.15) is 0 Å². The highest BCUT2D eigenvalue weighted by Crippen LogP contribution is 2.35. The third kappa shape index (κ3) is 3.94. The predicted molar refractivity (Wildman–Crippen MR) is 68.9 cm³/mol. The molecule has 0 aliphatic rings. The SMILES string of the molecule is COc1cc(C(=O)NCC(O)C(F)F)cc(Cl)c1OC. The number of nitrogens with one attached hydrogen (secondary N) is 1. The second kappa shape index (κ2) is 7.25. The molecule has 0 saturated carbocycles. The molecule has 0 fully saturated rings. The Bertz CT molecular complexity index is 485. The fourth-order valence-electron chi connectivity index (χ4n) is 1.44.